The van der Waals surface area contributed by atoms with Crippen LogP contribution >= 0.6 is 0 Å². The van der Waals surface area contributed by atoms with Crippen molar-refractivity contribution in [1.29, 1.82) is 0 Å². The summed E-state index contributed by atoms with van der Waals surface area (Å²) in [5, 5.41) is 0. The van der Waals surface area contributed by atoms with E-state index in [1.165, 1.54) is 11.1 Å². The third kappa shape index (κ3) is 1.72. The van der Waals surface area contributed by atoms with Crippen molar-refractivity contribution in [2.45, 2.75) is 19.8 Å². The zero-order valence-corrected chi connectivity index (χ0v) is 11.2. The van der Waals surface area contributed by atoms with Crippen molar-refractivity contribution in [3.05, 3.63) is 71.7 Å². The Morgan fingerprint density at radius 1 is 1.32 bits per heavy atom. The molecule has 0 saturated carbocycles. The van der Waals surface area contributed by atoms with Crippen LogP contribution in [-0.4, -0.2) is 0 Å². The second-order valence-corrected chi connectivity index (χ2v) is 4.91. The van der Waals surface area contributed by atoms with E-state index in [1.54, 1.807) is 0 Å². The van der Waals surface area contributed by atoms with Gasteiger partial charge < -0.3 is 10.6 Å². The number of hydrogen-bond acceptors (Lipinski definition) is 2. The van der Waals surface area contributed by atoms with E-state index in [1.807, 2.05) is 6.20 Å². The summed E-state index contributed by atoms with van der Waals surface area (Å²) in [5.41, 5.74) is 13.2. The molecule has 0 bridgehead atoms. The fourth-order valence-corrected chi connectivity index (χ4v) is 2.85. The van der Waals surface area contributed by atoms with Crippen molar-refractivity contribution < 1.29 is 0 Å². The predicted molar refractivity (Wildman–Crippen MR) is 81.3 cm³/mol. The van der Waals surface area contributed by atoms with Crippen molar-refractivity contribution in [3.8, 4) is 0 Å². The Balaban J connectivity index is 2.34. The lowest BCUT2D eigenvalue weighted by Crippen LogP contribution is -2.18. The molecule has 0 amide bonds. The third-order valence-corrected chi connectivity index (χ3v) is 3.88. The molecule has 19 heavy (non-hydrogen) atoms. The van der Waals surface area contributed by atoms with E-state index < -0.39 is 0 Å². The molecular formula is C17H18N2. The van der Waals surface area contributed by atoms with Crippen LogP contribution in [-0.2, 0) is 0 Å². The van der Waals surface area contributed by atoms with Gasteiger partial charge in [-0.1, -0.05) is 30.9 Å². The molecule has 2 heteroatoms. The van der Waals surface area contributed by atoms with Gasteiger partial charge in [0.25, 0.3) is 0 Å². The second kappa shape index (κ2) is 4.47. The standard InChI is InChI=1S/C17H18N2/c1-3-19-15-10-6-4-8-13(15)12(2)17(18)14-9-5-7-11-16(14)19/h3-4,6-8,10-11H,1,5,9,18H2,2H3. The van der Waals surface area contributed by atoms with Crippen LogP contribution in [0.4, 0.5) is 5.69 Å². The monoisotopic (exact) mass is 250 g/mol. The number of allylic oxidation sites excluding steroid dienone is 4. The minimum atomic E-state index is 0.913. The Bertz CT molecular complexity index is 632. The average molecular weight is 250 g/mol. The fraction of sp³-hybridized carbons (Fsp3) is 0.176. The SMILES string of the molecule is C=CN1C2=C(CCC=C2)C(N)=C(C)c2ccccc21. The summed E-state index contributed by atoms with van der Waals surface area (Å²) >= 11 is 0. The van der Waals surface area contributed by atoms with Gasteiger partial charge in [0.05, 0.1) is 11.4 Å². The number of fused-ring (bicyclic) bond motifs is 1. The van der Waals surface area contributed by atoms with E-state index in [0.717, 1.165) is 35.5 Å². The van der Waals surface area contributed by atoms with E-state index >= 15 is 0 Å². The van der Waals surface area contributed by atoms with Crippen LogP contribution in [0.2, 0.25) is 0 Å². The number of rotatable bonds is 1. The Kier molecular flexibility index (Phi) is 2.79. The lowest BCUT2D eigenvalue weighted by atomic mass is 9.96. The van der Waals surface area contributed by atoms with Gasteiger partial charge >= 0.3 is 0 Å². The van der Waals surface area contributed by atoms with Gasteiger partial charge in [0.15, 0.2) is 0 Å². The van der Waals surface area contributed by atoms with Crippen molar-refractivity contribution in [2.75, 3.05) is 4.90 Å². The molecule has 2 nitrogen and oxygen atoms in total. The Morgan fingerprint density at radius 3 is 2.89 bits per heavy atom. The molecule has 2 aliphatic rings. The highest BCUT2D eigenvalue weighted by Crippen LogP contribution is 2.39. The van der Waals surface area contributed by atoms with Crippen LogP contribution < -0.4 is 10.6 Å². The fourth-order valence-electron chi connectivity index (χ4n) is 2.85. The molecule has 96 valence electrons. The molecule has 1 aromatic carbocycles. The first-order valence-electron chi connectivity index (χ1n) is 6.61. The molecule has 1 aliphatic carbocycles. The highest BCUT2D eigenvalue weighted by molar-refractivity contribution is 5.84. The van der Waals surface area contributed by atoms with Gasteiger partial charge in [-0.3, -0.25) is 0 Å². The summed E-state index contributed by atoms with van der Waals surface area (Å²) in [6.07, 6.45) is 8.27. The van der Waals surface area contributed by atoms with Crippen molar-refractivity contribution in [3.63, 3.8) is 0 Å². The zero-order valence-electron chi connectivity index (χ0n) is 11.2. The summed E-state index contributed by atoms with van der Waals surface area (Å²) in [6.45, 7) is 6.07. The topological polar surface area (TPSA) is 29.3 Å². The van der Waals surface area contributed by atoms with Gasteiger partial charge in [0.2, 0.25) is 0 Å². The third-order valence-electron chi connectivity index (χ3n) is 3.88. The molecule has 2 N–H and O–H groups in total. The van der Waals surface area contributed by atoms with Gasteiger partial charge in [0.1, 0.15) is 0 Å². The van der Waals surface area contributed by atoms with Crippen LogP contribution in [0.15, 0.2) is 66.2 Å². The van der Waals surface area contributed by atoms with Gasteiger partial charge in [0, 0.05) is 17.5 Å². The van der Waals surface area contributed by atoms with Crippen LogP contribution in [0.25, 0.3) is 5.57 Å². The molecule has 0 radical (unpaired) electrons. The van der Waals surface area contributed by atoms with Crippen molar-refractivity contribution >= 4 is 11.3 Å². The van der Waals surface area contributed by atoms with Crippen LogP contribution in [0.1, 0.15) is 25.3 Å². The first kappa shape index (κ1) is 11.8. The maximum Gasteiger partial charge on any atom is 0.0531 e. The van der Waals surface area contributed by atoms with Crippen molar-refractivity contribution in [2.24, 2.45) is 5.73 Å². The van der Waals surface area contributed by atoms with Gasteiger partial charge in [-0.2, -0.15) is 0 Å². The number of hydrogen-bond donors (Lipinski definition) is 1. The van der Waals surface area contributed by atoms with Gasteiger partial charge in [-0.15, -0.1) is 0 Å². The minimum absolute atomic E-state index is 0.913. The van der Waals surface area contributed by atoms with Crippen LogP contribution in [0.3, 0.4) is 0 Å². The second-order valence-electron chi connectivity index (χ2n) is 4.91. The first-order chi connectivity index (χ1) is 9.24. The average Bonchev–Trinajstić information content (AvgIpc) is 2.55. The maximum absolute atomic E-state index is 6.39. The molecule has 1 aliphatic heterocycles. The minimum Gasteiger partial charge on any atom is -0.398 e. The Morgan fingerprint density at radius 2 is 2.11 bits per heavy atom. The van der Waals surface area contributed by atoms with Crippen LogP contribution in [0.5, 0.6) is 0 Å². The molecule has 0 saturated heterocycles. The summed E-state index contributed by atoms with van der Waals surface area (Å²) in [4.78, 5) is 2.14. The molecule has 3 rings (SSSR count). The summed E-state index contributed by atoms with van der Waals surface area (Å²) in [6, 6.07) is 8.34. The van der Waals surface area contributed by atoms with Crippen molar-refractivity contribution in [1.82, 2.24) is 0 Å². The van der Waals surface area contributed by atoms with E-state index in [2.05, 4.69) is 54.8 Å². The Labute approximate surface area is 114 Å². The quantitative estimate of drug-likeness (QED) is 0.818. The zero-order chi connectivity index (χ0) is 13.4. The molecule has 0 fully saturated rings. The summed E-state index contributed by atoms with van der Waals surface area (Å²) in [5.74, 6) is 0. The lowest BCUT2D eigenvalue weighted by Gasteiger charge is -2.25. The predicted octanol–water partition coefficient (Wildman–Crippen LogP) is 3.94. The molecule has 1 heterocycles. The molecule has 0 atom stereocenters. The highest BCUT2D eigenvalue weighted by atomic mass is 15.1. The lowest BCUT2D eigenvalue weighted by molar-refractivity contribution is 0.929. The van der Waals surface area contributed by atoms with E-state index in [-0.39, 0.29) is 0 Å². The summed E-state index contributed by atoms with van der Waals surface area (Å²) < 4.78 is 0. The van der Waals surface area contributed by atoms with E-state index in [4.69, 9.17) is 5.73 Å². The molecule has 0 aromatic heterocycles. The smallest absolute Gasteiger partial charge is 0.0531 e. The number of nitrogens with zero attached hydrogens (tertiary/aromatic N) is 1. The number of nitrogens with two attached hydrogens (primary N) is 1. The Hall–Kier alpha value is -2.22. The number of para-hydroxylation sites is 1. The largest absolute Gasteiger partial charge is 0.398 e. The van der Waals surface area contributed by atoms with Gasteiger partial charge in [-0.25, -0.2) is 0 Å². The van der Waals surface area contributed by atoms with E-state index in [9.17, 15) is 0 Å². The maximum atomic E-state index is 6.39. The highest BCUT2D eigenvalue weighted by Gasteiger charge is 2.24. The normalized spacial score (nSPS) is 18.1. The number of anilines is 1. The molecular weight excluding hydrogens is 232 g/mol. The first-order valence-corrected chi connectivity index (χ1v) is 6.61. The van der Waals surface area contributed by atoms with E-state index in [0.29, 0.717) is 0 Å². The molecule has 1 aromatic rings. The van der Waals surface area contributed by atoms with Crippen LogP contribution in [0, 0.1) is 0 Å². The molecule has 0 unspecified atom stereocenters. The molecule has 0 spiro atoms. The summed E-state index contributed by atoms with van der Waals surface area (Å²) in [7, 11) is 0. The number of benzene rings is 1. The van der Waals surface area contributed by atoms with Gasteiger partial charge in [-0.05, 0) is 43.1 Å².